The monoisotopic (exact) mass is 305 g/mol. The van der Waals surface area contributed by atoms with E-state index in [1.807, 2.05) is 35.2 Å². The number of rotatable bonds is 2. The highest BCUT2D eigenvalue weighted by Crippen LogP contribution is 2.26. The number of likely N-dealkylation sites (N-methyl/N-ethyl adjacent to an activating group) is 1. The fourth-order valence-electron chi connectivity index (χ4n) is 2.36. The molecular formula is C15H16ClN3O2. The van der Waals surface area contributed by atoms with Gasteiger partial charge in [-0.2, -0.15) is 4.98 Å². The van der Waals surface area contributed by atoms with Crippen LogP contribution in [-0.2, 0) is 0 Å². The minimum Gasteiger partial charge on any atom is -0.412 e. The van der Waals surface area contributed by atoms with Crippen LogP contribution in [0.15, 0.2) is 39.5 Å². The van der Waals surface area contributed by atoms with Crippen LogP contribution in [0.25, 0.3) is 11.1 Å². The van der Waals surface area contributed by atoms with Crippen LogP contribution in [-0.4, -0.2) is 43.1 Å². The third-order valence-electron chi connectivity index (χ3n) is 3.62. The zero-order valence-electron chi connectivity index (χ0n) is 11.8. The normalized spacial score (nSPS) is 16.2. The Morgan fingerprint density at radius 3 is 2.43 bits per heavy atom. The fraction of sp³-hybridized carbons (Fsp3) is 0.333. The van der Waals surface area contributed by atoms with E-state index in [0.29, 0.717) is 17.1 Å². The third kappa shape index (κ3) is 2.94. The second-order valence-corrected chi connectivity index (χ2v) is 5.45. The molecule has 1 aliphatic rings. The topological polar surface area (TPSA) is 49.6 Å². The molecule has 0 N–H and O–H groups in total. The Morgan fingerprint density at radius 2 is 1.81 bits per heavy atom. The van der Waals surface area contributed by atoms with E-state index in [-0.39, 0.29) is 10.8 Å². The smallest absolute Gasteiger partial charge is 0.302 e. The van der Waals surface area contributed by atoms with Crippen LogP contribution >= 0.6 is 11.6 Å². The number of halogens is 1. The molecule has 0 radical (unpaired) electrons. The van der Waals surface area contributed by atoms with Gasteiger partial charge in [-0.15, -0.1) is 0 Å². The van der Waals surface area contributed by atoms with Crippen LogP contribution < -0.4 is 10.5 Å². The summed E-state index contributed by atoms with van der Waals surface area (Å²) in [6.07, 6.45) is 0. The van der Waals surface area contributed by atoms with E-state index in [0.717, 1.165) is 26.2 Å². The summed E-state index contributed by atoms with van der Waals surface area (Å²) in [5.41, 5.74) is 0.676. The van der Waals surface area contributed by atoms with Crippen LogP contribution in [0.2, 0.25) is 5.22 Å². The van der Waals surface area contributed by atoms with Crippen molar-refractivity contribution < 1.29 is 4.42 Å². The molecule has 0 aliphatic carbocycles. The van der Waals surface area contributed by atoms with E-state index in [9.17, 15) is 4.79 Å². The van der Waals surface area contributed by atoms with Crippen molar-refractivity contribution in [3.8, 4) is 11.1 Å². The number of nitrogens with zero attached hydrogens (tertiary/aromatic N) is 3. The van der Waals surface area contributed by atoms with Gasteiger partial charge in [0.2, 0.25) is 5.22 Å². The highest BCUT2D eigenvalue weighted by molar-refractivity contribution is 6.31. The lowest BCUT2D eigenvalue weighted by atomic mass is 10.1. The Bertz CT molecular complexity index is 679. The van der Waals surface area contributed by atoms with Gasteiger partial charge in [-0.1, -0.05) is 30.3 Å². The first-order chi connectivity index (χ1) is 10.1. The summed E-state index contributed by atoms with van der Waals surface area (Å²) < 4.78 is 5.58. The molecule has 0 atom stereocenters. The number of aromatic nitrogens is 1. The first-order valence-electron chi connectivity index (χ1n) is 6.84. The molecule has 3 rings (SSSR count). The first kappa shape index (κ1) is 14.1. The van der Waals surface area contributed by atoms with Crippen LogP contribution in [0, 0.1) is 0 Å². The Labute approximate surface area is 127 Å². The average Bonchev–Trinajstić information content (AvgIpc) is 2.48. The molecule has 1 fully saturated rings. The number of hydrogen-bond donors (Lipinski definition) is 0. The van der Waals surface area contributed by atoms with Gasteiger partial charge in [0.25, 0.3) is 5.56 Å². The van der Waals surface area contributed by atoms with Gasteiger partial charge in [0.05, 0.1) is 0 Å². The highest BCUT2D eigenvalue weighted by atomic mass is 35.5. The molecule has 2 aromatic rings. The SMILES string of the molecule is CN1CCN(c2nc(=O)c(-c3ccccc3)c(Cl)o2)CC1. The van der Waals surface area contributed by atoms with Crippen molar-refractivity contribution in [2.24, 2.45) is 0 Å². The Balaban J connectivity index is 1.95. The maximum absolute atomic E-state index is 12.3. The quantitative estimate of drug-likeness (QED) is 0.850. The van der Waals surface area contributed by atoms with Gasteiger partial charge in [-0.25, -0.2) is 0 Å². The molecule has 1 aliphatic heterocycles. The van der Waals surface area contributed by atoms with Gasteiger partial charge in [0.15, 0.2) is 0 Å². The summed E-state index contributed by atoms with van der Waals surface area (Å²) in [6.45, 7) is 3.35. The predicted octanol–water partition coefficient (Wildman–Crippen LogP) is 2.11. The summed E-state index contributed by atoms with van der Waals surface area (Å²) in [5, 5.41) is 0.0927. The molecular weight excluding hydrogens is 290 g/mol. The van der Waals surface area contributed by atoms with Gasteiger partial charge in [0, 0.05) is 26.2 Å². The van der Waals surface area contributed by atoms with Crippen LogP contribution in [0.3, 0.4) is 0 Å². The van der Waals surface area contributed by atoms with E-state index in [1.54, 1.807) is 0 Å². The molecule has 0 unspecified atom stereocenters. The Kier molecular flexibility index (Phi) is 3.94. The number of piperazine rings is 1. The molecule has 1 aromatic carbocycles. The Hall–Kier alpha value is -1.85. The number of hydrogen-bond acceptors (Lipinski definition) is 5. The zero-order chi connectivity index (χ0) is 14.8. The van der Waals surface area contributed by atoms with Gasteiger partial charge in [-0.3, -0.25) is 4.79 Å². The lowest BCUT2D eigenvalue weighted by molar-refractivity contribution is 0.303. The molecule has 1 aromatic heterocycles. The molecule has 5 nitrogen and oxygen atoms in total. The molecule has 0 bridgehead atoms. The molecule has 21 heavy (non-hydrogen) atoms. The standard InChI is InChI=1S/C15H16ClN3O2/c1-18-7-9-19(10-8-18)15-17-14(20)12(13(16)21-15)11-5-3-2-4-6-11/h2-6H,7-10H2,1H3. The molecule has 2 heterocycles. The second kappa shape index (κ2) is 5.87. The third-order valence-corrected chi connectivity index (χ3v) is 3.89. The first-order valence-corrected chi connectivity index (χ1v) is 7.22. The van der Waals surface area contributed by atoms with Crippen molar-refractivity contribution in [2.45, 2.75) is 0 Å². The number of anilines is 1. The Morgan fingerprint density at radius 1 is 1.14 bits per heavy atom. The van der Waals surface area contributed by atoms with Crippen molar-refractivity contribution >= 4 is 17.6 Å². The van der Waals surface area contributed by atoms with E-state index in [1.165, 1.54) is 0 Å². The lowest BCUT2D eigenvalue weighted by Crippen LogP contribution is -2.45. The maximum atomic E-state index is 12.3. The fourth-order valence-corrected chi connectivity index (χ4v) is 2.61. The van der Waals surface area contributed by atoms with E-state index < -0.39 is 0 Å². The summed E-state index contributed by atoms with van der Waals surface area (Å²) in [4.78, 5) is 20.5. The van der Waals surface area contributed by atoms with Gasteiger partial charge < -0.3 is 14.2 Å². The van der Waals surface area contributed by atoms with Gasteiger partial charge in [0.1, 0.15) is 5.56 Å². The average molecular weight is 306 g/mol. The van der Waals surface area contributed by atoms with E-state index in [4.69, 9.17) is 16.0 Å². The number of benzene rings is 1. The molecule has 6 heteroatoms. The van der Waals surface area contributed by atoms with E-state index >= 15 is 0 Å². The lowest BCUT2D eigenvalue weighted by Gasteiger charge is -2.31. The largest absolute Gasteiger partial charge is 0.412 e. The molecule has 0 spiro atoms. The summed E-state index contributed by atoms with van der Waals surface area (Å²) >= 11 is 6.17. The highest BCUT2D eigenvalue weighted by Gasteiger charge is 2.21. The van der Waals surface area contributed by atoms with Gasteiger partial charge in [-0.05, 0) is 24.2 Å². The van der Waals surface area contributed by atoms with Crippen molar-refractivity contribution in [2.75, 3.05) is 38.1 Å². The van der Waals surface area contributed by atoms with Crippen molar-refractivity contribution in [1.82, 2.24) is 9.88 Å². The molecule has 110 valence electrons. The summed E-state index contributed by atoms with van der Waals surface area (Å²) in [6, 6.07) is 9.51. The minimum atomic E-state index is -0.355. The van der Waals surface area contributed by atoms with Crippen LogP contribution in [0.5, 0.6) is 0 Å². The van der Waals surface area contributed by atoms with Crippen LogP contribution in [0.4, 0.5) is 6.01 Å². The molecule has 1 saturated heterocycles. The van der Waals surface area contributed by atoms with Crippen molar-refractivity contribution in [3.05, 3.63) is 45.9 Å². The van der Waals surface area contributed by atoms with Crippen molar-refractivity contribution in [1.29, 1.82) is 0 Å². The van der Waals surface area contributed by atoms with Crippen LogP contribution in [0.1, 0.15) is 0 Å². The molecule has 0 saturated carbocycles. The predicted molar refractivity (Wildman–Crippen MR) is 82.9 cm³/mol. The zero-order valence-corrected chi connectivity index (χ0v) is 12.5. The summed E-state index contributed by atoms with van der Waals surface area (Å²) in [7, 11) is 2.06. The minimum absolute atomic E-state index is 0.0927. The molecule has 0 amide bonds. The summed E-state index contributed by atoms with van der Waals surface area (Å²) in [5.74, 6) is 0. The van der Waals surface area contributed by atoms with Gasteiger partial charge >= 0.3 is 6.01 Å². The van der Waals surface area contributed by atoms with E-state index in [2.05, 4.69) is 16.9 Å². The van der Waals surface area contributed by atoms with Crippen molar-refractivity contribution in [3.63, 3.8) is 0 Å². The maximum Gasteiger partial charge on any atom is 0.302 e. The second-order valence-electron chi connectivity index (χ2n) is 5.11.